The Labute approximate surface area is 123 Å². The molecule has 1 aromatic rings. The van der Waals surface area contributed by atoms with E-state index in [9.17, 15) is 0 Å². The van der Waals surface area contributed by atoms with Crippen molar-refractivity contribution in [2.75, 3.05) is 26.7 Å². The average molecular weight is 276 g/mol. The lowest BCUT2D eigenvalue weighted by molar-refractivity contribution is -0.0517. The first-order valence-corrected chi connectivity index (χ1v) is 7.54. The van der Waals surface area contributed by atoms with E-state index in [1.54, 1.807) is 0 Å². The molecule has 2 unspecified atom stereocenters. The second-order valence-electron chi connectivity index (χ2n) is 6.46. The van der Waals surface area contributed by atoms with Crippen LogP contribution in [0.25, 0.3) is 0 Å². The zero-order valence-electron chi connectivity index (χ0n) is 13.3. The smallest absolute Gasteiger partial charge is 0.0777 e. The van der Waals surface area contributed by atoms with Gasteiger partial charge in [0.25, 0.3) is 0 Å². The maximum atomic E-state index is 6.44. The highest BCUT2D eigenvalue weighted by molar-refractivity contribution is 5.33. The zero-order valence-corrected chi connectivity index (χ0v) is 13.3. The number of aryl methyl sites for hydroxylation is 2. The minimum absolute atomic E-state index is 0.0143. The first kappa shape index (κ1) is 15.5. The molecular formula is C17H28N2O. The van der Waals surface area contributed by atoms with Crippen LogP contribution in [0.4, 0.5) is 0 Å². The number of methoxy groups -OCH3 is 1. The van der Waals surface area contributed by atoms with Gasteiger partial charge < -0.3 is 10.5 Å². The number of nitrogens with zero attached hydrogens (tertiary/aromatic N) is 1. The molecule has 1 aliphatic heterocycles. The highest BCUT2D eigenvalue weighted by Crippen LogP contribution is 2.26. The van der Waals surface area contributed by atoms with E-state index in [1.807, 2.05) is 7.11 Å². The fraction of sp³-hybridized carbons (Fsp3) is 0.647. The lowest BCUT2D eigenvalue weighted by atomic mass is 9.93. The molecule has 0 aliphatic carbocycles. The van der Waals surface area contributed by atoms with Gasteiger partial charge in [0.2, 0.25) is 0 Å². The molecule has 1 fully saturated rings. The van der Waals surface area contributed by atoms with Crippen LogP contribution in [-0.4, -0.2) is 37.2 Å². The molecule has 0 saturated carbocycles. The quantitative estimate of drug-likeness (QED) is 0.919. The van der Waals surface area contributed by atoms with E-state index in [2.05, 4.69) is 43.9 Å². The highest BCUT2D eigenvalue weighted by atomic mass is 16.5. The molecule has 3 heteroatoms. The number of nitrogens with two attached hydrogens (primary N) is 1. The minimum atomic E-state index is -0.0143. The van der Waals surface area contributed by atoms with Crippen molar-refractivity contribution < 1.29 is 4.74 Å². The third-order valence-corrected chi connectivity index (χ3v) is 4.52. The van der Waals surface area contributed by atoms with Crippen molar-refractivity contribution >= 4 is 0 Å². The third kappa shape index (κ3) is 3.60. The van der Waals surface area contributed by atoms with Crippen LogP contribution < -0.4 is 5.73 Å². The van der Waals surface area contributed by atoms with Crippen LogP contribution in [0.1, 0.15) is 42.5 Å². The summed E-state index contributed by atoms with van der Waals surface area (Å²) >= 11 is 0. The SMILES string of the molecule is COC1(C)CCCN(CC(N)c2cc(C)ccc2C)C1. The monoisotopic (exact) mass is 276 g/mol. The maximum Gasteiger partial charge on any atom is 0.0777 e. The van der Waals surface area contributed by atoms with Crippen LogP contribution in [0.5, 0.6) is 0 Å². The number of hydrogen-bond donors (Lipinski definition) is 1. The molecule has 112 valence electrons. The van der Waals surface area contributed by atoms with Gasteiger partial charge in [0.05, 0.1) is 5.60 Å². The molecule has 0 bridgehead atoms. The molecule has 0 amide bonds. The fourth-order valence-corrected chi connectivity index (χ4v) is 3.17. The molecule has 1 aliphatic rings. The number of rotatable bonds is 4. The summed E-state index contributed by atoms with van der Waals surface area (Å²) in [5.41, 5.74) is 10.3. The fourth-order valence-electron chi connectivity index (χ4n) is 3.17. The molecule has 2 atom stereocenters. The van der Waals surface area contributed by atoms with Gasteiger partial charge in [-0.2, -0.15) is 0 Å². The predicted octanol–water partition coefficient (Wildman–Crippen LogP) is 2.80. The summed E-state index contributed by atoms with van der Waals surface area (Å²) in [5.74, 6) is 0. The summed E-state index contributed by atoms with van der Waals surface area (Å²) in [7, 11) is 1.81. The van der Waals surface area contributed by atoms with Gasteiger partial charge in [-0.25, -0.2) is 0 Å². The first-order valence-electron chi connectivity index (χ1n) is 7.54. The largest absolute Gasteiger partial charge is 0.377 e. The van der Waals surface area contributed by atoms with Gasteiger partial charge in [-0.05, 0) is 51.3 Å². The number of benzene rings is 1. The van der Waals surface area contributed by atoms with Crippen LogP contribution >= 0.6 is 0 Å². The number of hydrogen-bond acceptors (Lipinski definition) is 3. The summed E-state index contributed by atoms with van der Waals surface area (Å²) in [4.78, 5) is 2.44. The Bertz CT molecular complexity index is 460. The number of ether oxygens (including phenoxy) is 1. The Morgan fingerprint density at radius 2 is 2.15 bits per heavy atom. The van der Waals surface area contributed by atoms with Crippen LogP contribution in [0.2, 0.25) is 0 Å². The zero-order chi connectivity index (χ0) is 14.8. The lowest BCUT2D eigenvalue weighted by Gasteiger charge is -2.40. The van der Waals surface area contributed by atoms with Crippen LogP contribution in [0.15, 0.2) is 18.2 Å². The molecule has 0 spiro atoms. The molecule has 0 radical (unpaired) electrons. The van der Waals surface area contributed by atoms with Crippen LogP contribution in [-0.2, 0) is 4.74 Å². The summed E-state index contributed by atoms with van der Waals surface area (Å²) in [6, 6.07) is 6.61. The van der Waals surface area contributed by atoms with Crippen molar-refractivity contribution in [2.24, 2.45) is 5.73 Å². The van der Waals surface area contributed by atoms with Gasteiger partial charge in [-0.1, -0.05) is 23.8 Å². The molecule has 2 rings (SSSR count). The van der Waals surface area contributed by atoms with Gasteiger partial charge in [-0.15, -0.1) is 0 Å². The van der Waals surface area contributed by atoms with Gasteiger partial charge in [-0.3, -0.25) is 4.90 Å². The Morgan fingerprint density at radius 3 is 2.85 bits per heavy atom. The molecule has 2 N–H and O–H groups in total. The van der Waals surface area contributed by atoms with Crippen molar-refractivity contribution in [1.82, 2.24) is 4.90 Å². The number of piperidine rings is 1. The van der Waals surface area contributed by atoms with Crippen molar-refractivity contribution in [1.29, 1.82) is 0 Å². The lowest BCUT2D eigenvalue weighted by Crippen LogP contribution is -2.49. The molecule has 1 aromatic carbocycles. The minimum Gasteiger partial charge on any atom is -0.377 e. The van der Waals surface area contributed by atoms with E-state index >= 15 is 0 Å². The summed E-state index contributed by atoms with van der Waals surface area (Å²) in [6.45, 7) is 9.47. The van der Waals surface area contributed by atoms with E-state index in [1.165, 1.54) is 23.1 Å². The normalized spacial score (nSPS) is 25.6. The van der Waals surface area contributed by atoms with Crippen LogP contribution in [0, 0.1) is 13.8 Å². The third-order valence-electron chi connectivity index (χ3n) is 4.52. The summed E-state index contributed by atoms with van der Waals surface area (Å²) < 4.78 is 5.66. The average Bonchev–Trinajstić information content (AvgIpc) is 2.41. The Morgan fingerprint density at radius 1 is 1.40 bits per heavy atom. The molecule has 0 aromatic heterocycles. The first-order chi connectivity index (χ1) is 9.43. The summed E-state index contributed by atoms with van der Waals surface area (Å²) in [5, 5.41) is 0. The number of likely N-dealkylation sites (tertiary alicyclic amines) is 1. The van der Waals surface area contributed by atoms with E-state index in [4.69, 9.17) is 10.5 Å². The summed E-state index contributed by atoms with van der Waals surface area (Å²) in [6.07, 6.45) is 2.32. The molecule has 20 heavy (non-hydrogen) atoms. The molecule has 1 heterocycles. The van der Waals surface area contributed by atoms with Gasteiger partial charge in [0.15, 0.2) is 0 Å². The van der Waals surface area contributed by atoms with E-state index < -0.39 is 0 Å². The maximum absolute atomic E-state index is 6.44. The topological polar surface area (TPSA) is 38.5 Å². The van der Waals surface area contributed by atoms with Gasteiger partial charge in [0, 0.05) is 26.2 Å². The van der Waals surface area contributed by atoms with E-state index in [0.29, 0.717) is 0 Å². The molecular weight excluding hydrogens is 248 g/mol. The second kappa shape index (κ2) is 6.25. The van der Waals surface area contributed by atoms with E-state index in [0.717, 1.165) is 26.1 Å². The van der Waals surface area contributed by atoms with Crippen molar-refractivity contribution in [3.8, 4) is 0 Å². The predicted molar refractivity (Wildman–Crippen MR) is 83.9 cm³/mol. The van der Waals surface area contributed by atoms with Crippen molar-refractivity contribution in [2.45, 2.75) is 45.3 Å². The standard InChI is InChI=1S/C17H28N2O/c1-13-6-7-14(2)15(10-13)16(18)11-19-9-5-8-17(3,12-19)20-4/h6-7,10,16H,5,8-9,11-12,18H2,1-4H3. The Kier molecular flexibility index (Phi) is 4.84. The van der Waals surface area contributed by atoms with Gasteiger partial charge >= 0.3 is 0 Å². The highest BCUT2D eigenvalue weighted by Gasteiger charge is 2.31. The van der Waals surface area contributed by atoms with E-state index in [-0.39, 0.29) is 11.6 Å². The Balaban J connectivity index is 2.04. The molecule has 3 nitrogen and oxygen atoms in total. The second-order valence-corrected chi connectivity index (χ2v) is 6.46. The van der Waals surface area contributed by atoms with Crippen LogP contribution in [0.3, 0.4) is 0 Å². The van der Waals surface area contributed by atoms with Crippen molar-refractivity contribution in [3.63, 3.8) is 0 Å². The van der Waals surface area contributed by atoms with Crippen molar-refractivity contribution in [3.05, 3.63) is 34.9 Å². The van der Waals surface area contributed by atoms with Gasteiger partial charge in [0.1, 0.15) is 0 Å². The Hall–Kier alpha value is -0.900. The molecule has 1 saturated heterocycles.